The summed E-state index contributed by atoms with van der Waals surface area (Å²) in [7, 11) is 1.50. The molecule has 0 aliphatic carbocycles. The molecule has 10 nitrogen and oxygen atoms in total. The zero-order valence-corrected chi connectivity index (χ0v) is 19.8. The monoisotopic (exact) mass is 479 g/mol. The average molecular weight is 480 g/mol. The number of hydrogen-bond donors (Lipinski definition) is 0. The van der Waals surface area contributed by atoms with Gasteiger partial charge in [0.2, 0.25) is 11.8 Å². The Kier molecular flexibility index (Phi) is 6.88. The Morgan fingerprint density at radius 3 is 2.86 bits per heavy atom. The number of aromatic nitrogens is 1. The molecule has 0 spiro atoms. The van der Waals surface area contributed by atoms with Crippen LogP contribution in [0.25, 0.3) is 0 Å². The van der Waals surface area contributed by atoms with Gasteiger partial charge in [0.05, 0.1) is 57.5 Å². The van der Waals surface area contributed by atoms with Gasteiger partial charge in [0, 0.05) is 32.1 Å². The van der Waals surface area contributed by atoms with E-state index in [1.807, 2.05) is 23.1 Å². The normalized spacial score (nSPS) is 20.1. The molecule has 2 aromatic rings. The van der Waals surface area contributed by atoms with Crippen molar-refractivity contribution in [2.75, 3.05) is 71.1 Å². The maximum Gasteiger partial charge on any atom is 0.236 e. The fourth-order valence-electron chi connectivity index (χ4n) is 4.66. The highest BCUT2D eigenvalue weighted by Crippen LogP contribution is 2.40. The minimum absolute atomic E-state index is 0.0625. The Morgan fingerprint density at radius 1 is 1.20 bits per heavy atom. The molecule has 1 amide bonds. The Balaban J connectivity index is 1.26. The molecule has 0 saturated carbocycles. The van der Waals surface area contributed by atoms with Crippen LogP contribution in [0, 0.1) is 11.3 Å². The van der Waals surface area contributed by atoms with E-state index in [-0.39, 0.29) is 12.0 Å². The molecule has 0 bridgehead atoms. The zero-order valence-electron chi connectivity index (χ0n) is 19.8. The molecule has 2 saturated heterocycles. The minimum atomic E-state index is -0.0625. The van der Waals surface area contributed by atoms with Crippen LogP contribution in [0.5, 0.6) is 17.4 Å². The maximum absolute atomic E-state index is 12.7. The summed E-state index contributed by atoms with van der Waals surface area (Å²) in [5, 5.41) is 9.45. The van der Waals surface area contributed by atoms with E-state index < -0.39 is 0 Å². The Hall–Kier alpha value is -3.55. The molecular formula is C25H29N5O5. The molecule has 1 atom stereocenters. The quantitative estimate of drug-likeness (QED) is 0.614. The summed E-state index contributed by atoms with van der Waals surface area (Å²) < 4.78 is 22.7. The molecule has 10 heteroatoms. The van der Waals surface area contributed by atoms with E-state index >= 15 is 0 Å². The molecule has 1 aromatic heterocycles. The number of ether oxygens (including phenoxy) is 4. The Labute approximate surface area is 204 Å². The fourth-order valence-corrected chi connectivity index (χ4v) is 4.66. The van der Waals surface area contributed by atoms with Gasteiger partial charge in [-0.05, 0) is 18.2 Å². The summed E-state index contributed by atoms with van der Waals surface area (Å²) >= 11 is 0. The maximum atomic E-state index is 12.7. The Bertz CT molecular complexity index is 1110. The predicted octanol–water partition coefficient (Wildman–Crippen LogP) is 1.80. The van der Waals surface area contributed by atoms with Crippen molar-refractivity contribution in [3.05, 3.63) is 36.0 Å². The van der Waals surface area contributed by atoms with Crippen molar-refractivity contribution >= 4 is 17.3 Å². The number of rotatable bonds is 6. The first-order valence-corrected chi connectivity index (χ1v) is 11.9. The van der Waals surface area contributed by atoms with Crippen molar-refractivity contribution in [3.63, 3.8) is 0 Å². The number of carbonyl (C=O) groups excluding carboxylic acids is 1. The van der Waals surface area contributed by atoms with E-state index in [1.54, 1.807) is 12.3 Å². The standard InChI is InChI=1S/C25H29N5O5/c1-32-25-18(14-26)12-19(15-27-25)30-8-11-34-23-3-2-20(13-22(23)30)35-21-4-5-29(16-21)24(31)17-28-6-9-33-10-7-28/h2-3,12-13,15,21H,4-11,16-17H2,1H3. The lowest BCUT2D eigenvalue weighted by atomic mass is 10.2. The second-order valence-corrected chi connectivity index (χ2v) is 8.75. The number of benzene rings is 1. The molecular weight excluding hydrogens is 450 g/mol. The molecule has 1 aromatic carbocycles. The van der Waals surface area contributed by atoms with Crippen molar-refractivity contribution in [3.8, 4) is 23.4 Å². The van der Waals surface area contributed by atoms with Crippen LogP contribution >= 0.6 is 0 Å². The van der Waals surface area contributed by atoms with Gasteiger partial charge in [-0.25, -0.2) is 4.98 Å². The van der Waals surface area contributed by atoms with E-state index in [9.17, 15) is 10.1 Å². The number of anilines is 2. The number of carbonyl (C=O) groups is 1. The lowest BCUT2D eigenvalue weighted by Crippen LogP contribution is -2.44. The highest BCUT2D eigenvalue weighted by Gasteiger charge is 2.29. The summed E-state index contributed by atoms with van der Waals surface area (Å²) in [5.41, 5.74) is 2.01. The van der Waals surface area contributed by atoms with Gasteiger partial charge < -0.3 is 28.7 Å². The molecule has 0 N–H and O–H groups in total. The van der Waals surface area contributed by atoms with Gasteiger partial charge in [0.1, 0.15) is 35.8 Å². The number of fused-ring (bicyclic) bond motifs is 1. The molecule has 3 aliphatic rings. The molecule has 5 rings (SSSR count). The first-order chi connectivity index (χ1) is 17.1. The second kappa shape index (κ2) is 10.4. The number of methoxy groups -OCH3 is 1. The summed E-state index contributed by atoms with van der Waals surface area (Å²) in [4.78, 5) is 23.1. The smallest absolute Gasteiger partial charge is 0.236 e. The van der Waals surface area contributed by atoms with Crippen molar-refractivity contribution in [2.45, 2.75) is 12.5 Å². The van der Waals surface area contributed by atoms with Crippen LogP contribution < -0.4 is 19.1 Å². The van der Waals surface area contributed by atoms with Crippen molar-refractivity contribution in [2.24, 2.45) is 0 Å². The van der Waals surface area contributed by atoms with E-state index in [0.29, 0.717) is 63.2 Å². The summed E-state index contributed by atoms with van der Waals surface area (Å²) in [6.45, 7) is 5.80. The minimum Gasteiger partial charge on any atom is -0.490 e. The second-order valence-electron chi connectivity index (χ2n) is 8.75. The van der Waals surface area contributed by atoms with Gasteiger partial charge in [-0.3, -0.25) is 9.69 Å². The first-order valence-electron chi connectivity index (χ1n) is 11.9. The molecule has 35 heavy (non-hydrogen) atoms. The number of nitriles is 1. The molecule has 1 unspecified atom stereocenters. The molecule has 184 valence electrons. The van der Waals surface area contributed by atoms with E-state index in [1.165, 1.54) is 7.11 Å². The van der Waals surface area contributed by atoms with Gasteiger partial charge in [0.15, 0.2) is 0 Å². The summed E-state index contributed by atoms with van der Waals surface area (Å²) in [5.74, 6) is 1.90. The zero-order chi connectivity index (χ0) is 24.2. The molecule has 2 fully saturated rings. The topological polar surface area (TPSA) is 100 Å². The van der Waals surface area contributed by atoms with Crippen molar-refractivity contribution in [1.29, 1.82) is 5.26 Å². The van der Waals surface area contributed by atoms with Gasteiger partial charge in [-0.1, -0.05) is 0 Å². The highest BCUT2D eigenvalue weighted by molar-refractivity contribution is 5.78. The van der Waals surface area contributed by atoms with Crippen LogP contribution in [0.1, 0.15) is 12.0 Å². The first kappa shape index (κ1) is 23.2. The van der Waals surface area contributed by atoms with Crippen LogP contribution in [-0.2, 0) is 9.53 Å². The van der Waals surface area contributed by atoms with Crippen LogP contribution in [0.2, 0.25) is 0 Å². The largest absolute Gasteiger partial charge is 0.490 e. The summed E-state index contributed by atoms with van der Waals surface area (Å²) in [6.07, 6.45) is 2.42. The third-order valence-electron chi connectivity index (χ3n) is 6.52. The lowest BCUT2D eigenvalue weighted by Gasteiger charge is -2.31. The van der Waals surface area contributed by atoms with E-state index in [2.05, 4.69) is 20.9 Å². The molecule has 4 heterocycles. The number of amides is 1. The van der Waals surface area contributed by atoms with E-state index in [0.717, 1.165) is 36.6 Å². The van der Waals surface area contributed by atoms with E-state index in [4.69, 9.17) is 18.9 Å². The predicted molar refractivity (Wildman–Crippen MR) is 127 cm³/mol. The number of pyridine rings is 1. The number of nitrogens with zero attached hydrogens (tertiary/aromatic N) is 5. The molecule has 3 aliphatic heterocycles. The van der Waals surface area contributed by atoms with Gasteiger partial charge in [-0.2, -0.15) is 5.26 Å². The molecule has 0 radical (unpaired) electrons. The number of morpholine rings is 1. The van der Waals surface area contributed by atoms with Gasteiger partial charge in [-0.15, -0.1) is 0 Å². The van der Waals surface area contributed by atoms with Crippen LogP contribution in [0.15, 0.2) is 30.5 Å². The Morgan fingerprint density at radius 2 is 2.06 bits per heavy atom. The summed E-state index contributed by atoms with van der Waals surface area (Å²) in [6, 6.07) is 9.65. The fraction of sp³-hybridized carbons (Fsp3) is 0.480. The van der Waals surface area contributed by atoms with Crippen LogP contribution in [-0.4, -0.2) is 93.0 Å². The van der Waals surface area contributed by atoms with Crippen molar-refractivity contribution in [1.82, 2.24) is 14.8 Å². The third kappa shape index (κ3) is 5.11. The van der Waals surface area contributed by atoms with Crippen LogP contribution in [0.4, 0.5) is 11.4 Å². The van der Waals surface area contributed by atoms with Crippen molar-refractivity contribution < 1.29 is 23.7 Å². The van der Waals surface area contributed by atoms with Gasteiger partial charge >= 0.3 is 0 Å². The number of likely N-dealkylation sites (tertiary alicyclic amines) is 1. The SMILES string of the molecule is COc1ncc(N2CCOc3ccc(OC4CCN(C(=O)CN5CCOCC5)C4)cc32)cc1C#N. The average Bonchev–Trinajstić information content (AvgIpc) is 3.37. The third-order valence-corrected chi connectivity index (χ3v) is 6.52. The lowest BCUT2D eigenvalue weighted by molar-refractivity contribution is -0.132. The van der Waals surface area contributed by atoms with Crippen LogP contribution in [0.3, 0.4) is 0 Å². The number of hydrogen-bond acceptors (Lipinski definition) is 9. The highest BCUT2D eigenvalue weighted by atomic mass is 16.5. The van der Waals surface area contributed by atoms with Gasteiger partial charge in [0.25, 0.3) is 0 Å².